The highest BCUT2D eigenvalue weighted by Gasteiger charge is 2.15. The fourth-order valence-electron chi connectivity index (χ4n) is 2.72. The van der Waals surface area contributed by atoms with Gasteiger partial charge in [0, 0.05) is 17.7 Å². The molecule has 0 saturated heterocycles. The lowest BCUT2D eigenvalue weighted by Gasteiger charge is -2.01. The zero-order valence-electron chi connectivity index (χ0n) is 13.9. The van der Waals surface area contributed by atoms with Gasteiger partial charge in [0.1, 0.15) is 11.5 Å². The molecule has 7 heteroatoms. The number of benzene rings is 2. The lowest BCUT2D eigenvalue weighted by Crippen LogP contribution is -1.92. The van der Waals surface area contributed by atoms with Crippen molar-refractivity contribution in [2.24, 2.45) is 0 Å². The van der Waals surface area contributed by atoms with Crippen LogP contribution in [0.15, 0.2) is 59.0 Å². The van der Waals surface area contributed by atoms with Crippen LogP contribution in [0.5, 0.6) is 11.5 Å². The van der Waals surface area contributed by atoms with Gasteiger partial charge in [0.25, 0.3) is 5.69 Å². The summed E-state index contributed by atoms with van der Waals surface area (Å²) in [5.74, 6) is 2.30. The Balaban J connectivity index is 1.62. The summed E-state index contributed by atoms with van der Waals surface area (Å²) in [6, 6.07) is 17.0. The van der Waals surface area contributed by atoms with Gasteiger partial charge in [-0.15, -0.1) is 0 Å². The van der Waals surface area contributed by atoms with Crippen LogP contribution < -0.4 is 9.47 Å². The first-order valence-electron chi connectivity index (χ1n) is 8.00. The first kappa shape index (κ1) is 16.4. The van der Waals surface area contributed by atoms with E-state index in [1.165, 1.54) is 12.1 Å². The number of hydrogen-bond acceptors (Lipinski definition) is 6. The second-order valence-corrected chi connectivity index (χ2v) is 5.74. The van der Waals surface area contributed by atoms with Gasteiger partial charge in [0.2, 0.25) is 6.79 Å². The second-order valence-electron chi connectivity index (χ2n) is 5.74. The topological polar surface area (TPSA) is 98.5 Å². The van der Waals surface area contributed by atoms with E-state index in [-0.39, 0.29) is 12.5 Å². The highest BCUT2D eigenvalue weighted by Crippen LogP contribution is 2.35. The van der Waals surface area contributed by atoms with E-state index in [9.17, 15) is 15.4 Å². The van der Waals surface area contributed by atoms with Crippen LogP contribution in [0.2, 0.25) is 0 Å². The molecular formula is C20H12N2O5. The van der Waals surface area contributed by atoms with E-state index < -0.39 is 4.92 Å². The maximum atomic E-state index is 10.7. The summed E-state index contributed by atoms with van der Waals surface area (Å²) >= 11 is 0. The molecule has 2 heterocycles. The molecule has 0 saturated carbocycles. The molecule has 0 amide bonds. The van der Waals surface area contributed by atoms with E-state index in [1.54, 1.807) is 48.5 Å². The summed E-state index contributed by atoms with van der Waals surface area (Å²) in [4.78, 5) is 10.3. The third-order valence-electron chi connectivity index (χ3n) is 4.08. The molecule has 0 unspecified atom stereocenters. The van der Waals surface area contributed by atoms with E-state index in [1.807, 2.05) is 0 Å². The van der Waals surface area contributed by atoms with Gasteiger partial charge in [0.15, 0.2) is 11.5 Å². The number of nitriles is 1. The minimum Gasteiger partial charge on any atom is -0.457 e. The van der Waals surface area contributed by atoms with Crippen molar-refractivity contribution in [2.75, 3.05) is 6.79 Å². The molecule has 1 aliphatic heterocycles. The van der Waals surface area contributed by atoms with Gasteiger partial charge in [-0.25, -0.2) is 0 Å². The van der Waals surface area contributed by atoms with Crippen LogP contribution in [0, 0.1) is 21.4 Å². The standard InChI is InChI=1S/C20H12N2O5/c21-11-15(14-3-7-19-20(10-14)26-12-25-19)9-17-6-8-18(27-17)13-1-4-16(5-2-13)22(23)24/h1-10H,12H2/b15-9-. The number of allylic oxidation sites excluding steroid dienone is 1. The predicted octanol–water partition coefficient (Wildman–Crippen LogP) is 4.65. The van der Waals surface area contributed by atoms with Crippen molar-refractivity contribution < 1.29 is 18.8 Å². The van der Waals surface area contributed by atoms with E-state index in [0.717, 1.165) is 0 Å². The number of nitro groups is 1. The maximum absolute atomic E-state index is 10.7. The molecule has 0 radical (unpaired) electrons. The molecule has 0 aliphatic carbocycles. The van der Waals surface area contributed by atoms with Crippen LogP contribution in [-0.4, -0.2) is 11.7 Å². The van der Waals surface area contributed by atoms with Crippen molar-refractivity contribution in [3.8, 4) is 28.9 Å². The number of non-ortho nitro benzene ring substituents is 1. The number of nitro benzene ring substituents is 1. The third kappa shape index (κ3) is 3.24. The Morgan fingerprint density at radius 2 is 1.85 bits per heavy atom. The molecule has 3 aromatic rings. The smallest absolute Gasteiger partial charge is 0.269 e. The Kier molecular flexibility index (Phi) is 4.07. The van der Waals surface area contributed by atoms with Crippen molar-refractivity contribution in [1.29, 1.82) is 5.26 Å². The molecule has 7 nitrogen and oxygen atoms in total. The van der Waals surface area contributed by atoms with Gasteiger partial charge in [0.05, 0.1) is 16.6 Å². The van der Waals surface area contributed by atoms with Crippen molar-refractivity contribution in [2.45, 2.75) is 0 Å². The second kappa shape index (κ2) is 6.69. The molecule has 4 rings (SSSR count). The number of nitrogens with zero attached hydrogens (tertiary/aromatic N) is 2. The predicted molar refractivity (Wildman–Crippen MR) is 96.8 cm³/mol. The molecule has 1 aliphatic rings. The van der Waals surface area contributed by atoms with Gasteiger partial charge in [-0.05, 0) is 54.1 Å². The summed E-state index contributed by atoms with van der Waals surface area (Å²) in [5, 5.41) is 20.2. The van der Waals surface area contributed by atoms with E-state index >= 15 is 0 Å². The zero-order chi connectivity index (χ0) is 18.8. The average molecular weight is 360 g/mol. The summed E-state index contributed by atoms with van der Waals surface area (Å²) < 4.78 is 16.4. The molecular weight excluding hydrogens is 348 g/mol. The van der Waals surface area contributed by atoms with E-state index in [0.29, 0.717) is 39.7 Å². The number of hydrogen-bond donors (Lipinski definition) is 0. The largest absolute Gasteiger partial charge is 0.457 e. The molecule has 132 valence electrons. The molecule has 0 spiro atoms. The van der Waals surface area contributed by atoms with Crippen LogP contribution in [0.4, 0.5) is 5.69 Å². The Hall–Kier alpha value is -4.05. The van der Waals surface area contributed by atoms with Gasteiger partial charge >= 0.3 is 0 Å². The molecule has 0 atom stereocenters. The Morgan fingerprint density at radius 1 is 1.07 bits per heavy atom. The van der Waals surface area contributed by atoms with Crippen LogP contribution in [0.1, 0.15) is 11.3 Å². The SMILES string of the molecule is N#C/C(=C/c1ccc(-c2ccc([N+](=O)[O-])cc2)o1)c1ccc2c(c1)OCO2. The van der Waals surface area contributed by atoms with Gasteiger partial charge in [-0.2, -0.15) is 5.26 Å². The molecule has 27 heavy (non-hydrogen) atoms. The first-order valence-corrected chi connectivity index (χ1v) is 8.00. The number of fused-ring (bicyclic) bond motifs is 1. The molecule has 2 aromatic carbocycles. The average Bonchev–Trinajstić information content (AvgIpc) is 3.35. The van der Waals surface area contributed by atoms with Gasteiger partial charge in [-0.1, -0.05) is 0 Å². The zero-order valence-corrected chi connectivity index (χ0v) is 13.9. The third-order valence-corrected chi connectivity index (χ3v) is 4.08. The van der Waals surface area contributed by atoms with Crippen LogP contribution >= 0.6 is 0 Å². The lowest BCUT2D eigenvalue weighted by atomic mass is 10.1. The highest BCUT2D eigenvalue weighted by atomic mass is 16.7. The quantitative estimate of drug-likeness (QED) is 0.381. The lowest BCUT2D eigenvalue weighted by molar-refractivity contribution is -0.384. The Labute approximate surface area is 153 Å². The minimum atomic E-state index is -0.454. The van der Waals surface area contributed by atoms with E-state index in [2.05, 4.69) is 6.07 Å². The normalized spacial score (nSPS) is 12.6. The van der Waals surface area contributed by atoms with Crippen molar-refractivity contribution >= 4 is 17.3 Å². The first-order chi connectivity index (χ1) is 13.1. The van der Waals surface area contributed by atoms with Crippen molar-refractivity contribution in [3.63, 3.8) is 0 Å². The molecule has 0 bridgehead atoms. The van der Waals surface area contributed by atoms with Crippen molar-refractivity contribution in [1.82, 2.24) is 0 Å². The number of rotatable bonds is 4. The van der Waals surface area contributed by atoms with Gasteiger partial charge in [-0.3, -0.25) is 10.1 Å². The maximum Gasteiger partial charge on any atom is 0.269 e. The van der Waals surface area contributed by atoms with Gasteiger partial charge < -0.3 is 13.9 Å². The summed E-state index contributed by atoms with van der Waals surface area (Å²) in [6.07, 6.45) is 1.63. The fraction of sp³-hybridized carbons (Fsp3) is 0.0500. The number of furan rings is 1. The van der Waals surface area contributed by atoms with Crippen LogP contribution in [0.3, 0.4) is 0 Å². The summed E-state index contributed by atoms with van der Waals surface area (Å²) in [6.45, 7) is 0.168. The van der Waals surface area contributed by atoms with Crippen molar-refractivity contribution in [3.05, 3.63) is 76.0 Å². The molecule has 0 N–H and O–H groups in total. The number of ether oxygens (including phenoxy) is 2. The Morgan fingerprint density at radius 3 is 2.59 bits per heavy atom. The fourth-order valence-corrected chi connectivity index (χ4v) is 2.72. The van der Waals surface area contributed by atoms with Crippen LogP contribution in [0.25, 0.3) is 23.0 Å². The Bertz CT molecular complexity index is 1090. The summed E-state index contributed by atoms with van der Waals surface area (Å²) in [7, 11) is 0. The minimum absolute atomic E-state index is 0.0139. The molecule has 1 aromatic heterocycles. The summed E-state index contributed by atoms with van der Waals surface area (Å²) in [5.41, 5.74) is 1.83. The highest BCUT2D eigenvalue weighted by molar-refractivity contribution is 5.89. The monoisotopic (exact) mass is 360 g/mol. The van der Waals surface area contributed by atoms with Crippen LogP contribution in [-0.2, 0) is 0 Å². The van der Waals surface area contributed by atoms with E-state index in [4.69, 9.17) is 13.9 Å². The molecule has 0 fully saturated rings.